The first kappa shape index (κ1) is 28.1. The maximum Gasteiger partial charge on any atom is 0.335 e. The van der Waals surface area contributed by atoms with Gasteiger partial charge in [0.1, 0.15) is 0 Å². The van der Waals surface area contributed by atoms with Crippen LogP contribution in [0.25, 0.3) is 11.1 Å². The molecule has 5 heteroatoms. The second-order valence-electron chi connectivity index (χ2n) is 8.96. The summed E-state index contributed by atoms with van der Waals surface area (Å²) < 4.78 is 10.5. The normalized spacial score (nSPS) is 11.5. The Bertz CT molecular complexity index is 1020. The molecule has 2 aromatic carbocycles. The van der Waals surface area contributed by atoms with Crippen LogP contribution < -0.4 is 0 Å². The molecular weight excluding hydrogens is 440 g/mol. The summed E-state index contributed by atoms with van der Waals surface area (Å²) in [7, 11) is 0. The molecule has 0 aliphatic heterocycles. The van der Waals surface area contributed by atoms with E-state index in [2.05, 4.69) is 69.5 Å². The lowest BCUT2D eigenvalue weighted by atomic mass is 9.90. The molecule has 2 aromatic rings. The molecule has 0 aromatic heterocycles. The van der Waals surface area contributed by atoms with E-state index in [4.69, 9.17) is 14.6 Å². The molecule has 188 valence electrons. The van der Waals surface area contributed by atoms with Gasteiger partial charge >= 0.3 is 11.9 Å². The minimum atomic E-state index is -0.604. The van der Waals surface area contributed by atoms with Gasteiger partial charge < -0.3 is 14.6 Å². The Balaban J connectivity index is 2.12. The first-order valence-electron chi connectivity index (χ1n) is 12.2. The molecule has 0 saturated carbocycles. The summed E-state index contributed by atoms with van der Waals surface area (Å²) in [6.07, 6.45) is 4.62. The van der Waals surface area contributed by atoms with Crippen molar-refractivity contribution in [3.8, 4) is 11.1 Å². The van der Waals surface area contributed by atoms with Crippen LogP contribution in [-0.2, 0) is 25.5 Å². The van der Waals surface area contributed by atoms with Gasteiger partial charge in [-0.05, 0) is 73.3 Å². The summed E-state index contributed by atoms with van der Waals surface area (Å²) >= 11 is 0. The molecule has 0 heterocycles. The van der Waals surface area contributed by atoms with E-state index in [-0.39, 0.29) is 24.7 Å². The quantitative estimate of drug-likeness (QED) is 0.263. The topological polar surface area (TPSA) is 72.8 Å². The number of ether oxygens (including phenoxy) is 2. The minimum absolute atomic E-state index is 0.0229. The largest absolute Gasteiger partial charge is 0.462 e. The zero-order valence-corrected chi connectivity index (χ0v) is 21.3. The number of hydrogen-bond donors (Lipinski definition) is 1. The van der Waals surface area contributed by atoms with Crippen LogP contribution in [0.2, 0.25) is 0 Å². The van der Waals surface area contributed by atoms with E-state index in [0.717, 1.165) is 17.5 Å². The van der Waals surface area contributed by atoms with Crippen LogP contribution in [-0.4, -0.2) is 36.9 Å². The summed E-state index contributed by atoms with van der Waals surface area (Å²) in [5, 5.41) is 9.04. The Morgan fingerprint density at radius 3 is 2.14 bits per heavy atom. The van der Waals surface area contributed by atoms with Crippen LogP contribution in [0, 0.1) is 6.92 Å². The number of rotatable bonds is 14. The molecular formula is C30H38O5. The first-order chi connectivity index (χ1) is 16.8. The smallest absolute Gasteiger partial charge is 0.335 e. The number of aliphatic hydroxyl groups is 1. The molecule has 0 fully saturated rings. The van der Waals surface area contributed by atoms with Gasteiger partial charge in [-0.15, -0.1) is 0 Å². The van der Waals surface area contributed by atoms with Crippen molar-refractivity contribution in [2.45, 2.75) is 58.8 Å². The Kier molecular flexibility index (Phi) is 11.4. The van der Waals surface area contributed by atoms with Crippen molar-refractivity contribution in [3.63, 3.8) is 0 Å². The van der Waals surface area contributed by atoms with Crippen molar-refractivity contribution in [3.05, 3.63) is 83.5 Å². The van der Waals surface area contributed by atoms with Gasteiger partial charge in [-0.1, -0.05) is 69.0 Å². The zero-order valence-electron chi connectivity index (χ0n) is 21.3. The number of aliphatic hydroxyl groups excluding tert-OH is 1. The lowest BCUT2D eigenvalue weighted by molar-refractivity contribution is -0.139. The number of carbonyl (C=O) groups excluding carboxylic acids is 2. The third kappa shape index (κ3) is 8.84. The van der Waals surface area contributed by atoms with Gasteiger partial charge in [0.2, 0.25) is 0 Å². The fourth-order valence-electron chi connectivity index (χ4n) is 3.88. The fraction of sp³-hybridized carbons (Fsp3) is 0.400. The molecule has 0 aliphatic carbocycles. The monoisotopic (exact) mass is 478 g/mol. The van der Waals surface area contributed by atoms with E-state index in [1.807, 2.05) is 0 Å². The number of aryl methyl sites for hydroxylation is 2. The molecule has 1 atom stereocenters. The average molecular weight is 479 g/mol. The van der Waals surface area contributed by atoms with Gasteiger partial charge in [-0.2, -0.15) is 0 Å². The minimum Gasteiger partial charge on any atom is -0.462 e. The number of esters is 2. The molecule has 5 nitrogen and oxygen atoms in total. The van der Waals surface area contributed by atoms with Crippen LogP contribution in [0.5, 0.6) is 0 Å². The predicted octanol–water partition coefficient (Wildman–Crippen LogP) is 6.08. The summed E-state index contributed by atoms with van der Waals surface area (Å²) in [4.78, 5) is 23.6. The third-order valence-corrected chi connectivity index (χ3v) is 6.03. The standard InChI is InChI=1S/C30H38O5/c1-6-7-8-24-9-14-28(22(4)19-24)27-12-10-25(11-13-27)26(15-17-34-29(32)21(2)3)16-18-35-30(33)23(5)20-31/h9-14,19,26,31H,2,5-8,15-18,20H2,1,3-4H3. The first-order valence-corrected chi connectivity index (χ1v) is 12.2. The van der Waals surface area contributed by atoms with E-state index in [9.17, 15) is 9.59 Å². The van der Waals surface area contributed by atoms with Crippen molar-refractivity contribution < 1.29 is 24.2 Å². The predicted molar refractivity (Wildman–Crippen MR) is 140 cm³/mol. The maximum atomic E-state index is 11.8. The molecule has 0 saturated heterocycles. The highest BCUT2D eigenvalue weighted by Gasteiger charge is 2.16. The van der Waals surface area contributed by atoms with Gasteiger partial charge in [-0.3, -0.25) is 0 Å². The molecule has 0 aliphatic rings. The van der Waals surface area contributed by atoms with Crippen molar-refractivity contribution in [1.82, 2.24) is 0 Å². The van der Waals surface area contributed by atoms with Crippen LogP contribution in [0.15, 0.2) is 66.8 Å². The second kappa shape index (κ2) is 14.3. The highest BCUT2D eigenvalue weighted by Crippen LogP contribution is 2.29. The maximum absolute atomic E-state index is 11.8. The number of hydrogen-bond acceptors (Lipinski definition) is 5. The summed E-state index contributed by atoms with van der Waals surface area (Å²) in [5.41, 5.74) is 6.44. The van der Waals surface area contributed by atoms with Crippen LogP contribution in [0.1, 0.15) is 62.1 Å². The Labute approximate surface area is 209 Å². The Morgan fingerprint density at radius 2 is 1.60 bits per heavy atom. The van der Waals surface area contributed by atoms with Gasteiger partial charge in [0.05, 0.1) is 25.4 Å². The zero-order chi connectivity index (χ0) is 25.8. The number of carbonyl (C=O) groups is 2. The summed E-state index contributed by atoms with van der Waals surface area (Å²) in [6.45, 7) is 13.1. The Morgan fingerprint density at radius 1 is 0.971 bits per heavy atom. The summed E-state index contributed by atoms with van der Waals surface area (Å²) in [5.74, 6) is -0.995. The number of unbranched alkanes of at least 4 members (excludes halogenated alkanes) is 1. The molecule has 35 heavy (non-hydrogen) atoms. The van der Waals surface area contributed by atoms with Crippen LogP contribution in [0.3, 0.4) is 0 Å². The van der Waals surface area contributed by atoms with E-state index < -0.39 is 18.5 Å². The molecule has 0 amide bonds. The highest BCUT2D eigenvalue weighted by molar-refractivity contribution is 5.88. The average Bonchev–Trinajstić information content (AvgIpc) is 2.85. The molecule has 1 N–H and O–H groups in total. The van der Waals surface area contributed by atoms with Crippen LogP contribution >= 0.6 is 0 Å². The van der Waals surface area contributed by atoms with E-state index in [1.165, 1.54) is 29.5 Å². The van der Waals surface area contributed by atoms with E-state index in [0.29, 0.717) is 18.4 Å². The van der Waals surface area contributed by atoms with Crippen molar-refractivity contribution in [2.75, 3.05) is 19.8 Å². The molecule has 0 radical (unpaired) electrons. The van der Waals surface area contributed by atoms with Gasteiger partial charge in [0.15, 0.2) is 0 Å². The highest BCUT2D eigenvalue weighted by atomic mass is 16.5. The van der Waals surface area contributed by atoms with Crippen molar-refractivity contribution in [1.29, 1.82) is 0 Å². The van der Waals surface area contributed by atoms with Gasteiger partial charge in [0.25, 0.3) is 0 Å². The van der Waals surface area contributed by atoms with Crippen LogP contribution in [0.4, 0.5) is 0 Å². The van der Waals surface area contributed by atoms with E-state index in [1.54, 1.807) is 6.92 Å². The van der Waals surface area contributed by atoms with Gasteiger partial charge in [0, 0.05) is 5.57 Å². The van der Waals surface area contributed by atoms with Crippen molar-refractivity contribution in [2.24, 2.45) is 0 Å². The van der Waals surface area contributed by atoms with Crippen molar-refractivity contribution >= 4 is 11.9 Å². The Hall–Kier alpha value is -3.18. The fourth-order valence-corrected chi connectivity index (χ4v) is 3.88. The molecule has 0 spiro atoms. The molecule has 0 bridgehead atoms. The van der Waals surface area contributed by atoms with Gasteiger partial charge in [-0.25, -0.2) is 9.59 Å². The summed E-state index contributed by atoms with van der Waals surface area (Å²) in [6, 6.07) is 15.0. The SMILES string of the molecule is C=C(C)C(=O)OCCC(CCOC(=O)C(=C)CO)c1ccc(-c2ccc(CCCC)cc2C)cc1. The number of benzene rings is 2. The lowest BCUT2D eigenvalue weighted by Gasteiger charge is -2.18. The molecule has 2 rings (SSSR count). The molecule has 1 unspecified atom stereocenters. The third-order valence-electron chi connectivity index (χ3n) is 6.03. The lowest BCUT2D eigenvalue weighted by Crippen LogP contribution is -2.14. The second-order valence-corrected chi connectivity index (χ2v) is 8.96. The van der Waals surface area contributed by atoms with E-state index >= 15 is 0 Å².